The predicted molar refractivity (Wildman–Crippen MR) is 66.7 cm³/mol. The van der Waals surface area contributed by atoms with Crippen LogP contribution >= 0.6 is 0 Å². The molecule has 0 N–H and O–H groups in total. The molecule has 1 nitrogen and oxygen atoms in total. The van der Waals surface area contributed by atoms with Gasteiger partial charge in [-0.25, -0.2) is 0 Å². The van der Waals surface area contributed by atoms with Gasteiger partial charge in [-0.2, -0.15) is 0 Å². The van der Waals surface area contributed by atoms with Crippen molar-refractivity contribution in [3.05, 3.63) is 52.3 Å². The van der Waals surface area contributed by atoms with Crippen LogP contribution in [-0.4, -0.2) is 4.98 Å². The Kier molecular flexibility index (Phi) is 1.90. The normalized spacial score (nSPS) is 12.4. The molecule has 0 saturated heterocycles. The van der Waals surface area contributed by atoms with Crippen LogP contribution in [0.4, 0.5) is 0 Å². The zero-order valence-corrected chi connectivity index (χ0v) is 9.96. The molecule has 1 heteroatoms. The number of hydrogen-bond donors (Lipinski definition) is 0. The van der Waals surface area contributed by atoms with Gasteiger partial charge in [0, 0.05) is 18.2 Å². The monoisotopic (exact) mass is 209 g/mol. The van der Waals surface area contributed by atoms with Gasteiger partial charge < -0.3 is 0 Å². The van der Waals surface area contributed by atoms with Crippen LogP contribution in [0.5, 0.6) is 0 Å². The standard InChI is InChI=1S/C15H15N/c1-9-6-14-12-5-4-10(2)11(3)13(12)7-15(14)16-8-9/h4-6,8H,7H2,1-3H3. The van der Waals surface area contributed by atoms with Crippen molar-refractivity contribution in [2.75, 3.05) is 0 Å². The SMILES string of the molecule is Cc1cnc2c(c1)-c1ccc(C)c(C)c1C2. The smallest absolute Gasteiger partial charge is 0.0526 e. The molecule has 1 aromatic heterocycles. The number of aryl methyl sites for hydroxylation is 2. The Morgan fingerprint density at radius 1 is 1.06 bits per heavy atom. The average molecular weight is 209 g/mol. The van der Waals surface area contributed by atoms with Gasteiger partial charge in [-0.1, -0.05) is 12.1 Å². The second-order valence-corrected chi connectivity index (χ2v) is 4.72. The predicted octanol–water partition coefficient (Wildman–Crippen LogP) is 3.58. The molecule has 0 radical (unpaired) electrons. The van der Waals surface area contributed by atoms with E-state index >= 15 is 0 Å². The molecule has 80 valence electrons. The molecule has 0 amide bonds. The summed E-state index contributed by atoms with van der Waals surface area (Å²) in [4.78, 5) is 4.54. The third-order valence-electron chi connectivity index (χ3n) is 3.61. The largest absolute Gasteiger partial charge is 0.260 e. The Morgan fingerprint density at radius 3 is 2.69 bits per heavy atom. The zero-order chi connectivity index (χ0) is 11.3. The zero-order valence-electron chi connectivity index (χ0n) is 9.96. The van der Waals surface area contributed by atoms with Gasteiger partial charge in [0.2, 0.25) is 0 Å². The molecular formula is C15H15N. The topological polar surface area (TPSA) is 12.9 Å². The lowest BCUT2D eigenvalue weighted by molar-refractivity contribution is 1.09. The van der Waals surface area contributed by atoms with E-state index in [1.165, 1.54) is 39.1 Å². The van der Waals surface area contributed by atoms with E-state index in [0.717, 1.165) is 6.42 Å². The first-order valence-corrected chi connectivity index (χ1v) is 5.72. The Morgan fingerprint density at radius 2 is 1.88 bits per heavy atom. The summed E-state index contributed by atoms with van der Waals surface area (Å²) < 4.78 is 0. The average Bonchev–Trinajstić information content (AvgIpc) is 2.62. The van der Waals surface area contributed by atoms with Crippen molar-refractivity contribution in [2.45, 2.75) is 27.2 Å². The lowest BCUT2D eigenvalue weighted by atomic mass is 9.98. The van der Waals surface area contributed by atoms with E-state index in [2.05, 4.69) is 44.0 Å². The van der Waals surface area contributed by atoms with E-state index in [1.54, 1.807) is 0 Å². The fraction of sp³-hybridized carbons (Fsp3) is 0.267. The highest BCUT2D eigenvalue weighted by Crippen LogP contribution is 2.38. The molecule has 0 atom stereocenters. The van der Waals surface area contributed by atoms with Crippen LogP contribution in [0.15, 0.2) is 24.4 Å². The number of rotatable bonds is 0. The molecule has 1 aromatic carbocycles. The molecule has 16 heavy (non-hydrogen) atoms. The summed E-state index contributed by atoms with van der Waals surface area (Å²) in [5.41, 5.74) is 9.45. The first kappa shape index (κ1) is 9.59. The summed E-state index contributed by atoms with van der Waals surface area (Å²) >= 11 is 0. The van der Waals surface area contributed by atoms with Gasteiger partial charge in [0.15, 0.2) is 0 Å². The van der Waals surface area contributed by atoms with Gasteiger partial charge in [-0.15, -0.1) is 0 Å². The fourth-order valence-electron chi connectivity index (χ4n) is 2.49. The number of benzene rings is 1. The summed E-state index contributed by atoms with van der Waals surface area (Å²) in [5, 5.41) is 0. The van der Waals surface area contributed by atoms with Gasteiger partial charge >= 0.3 is 0 Å². The molecule has 0 fully saturated rings. The number of aromatic nitrogens is 1. The van der Waals surface area contributed by atoms with Crippen LogP contribution in [0, 0.1) is 20.8 Å². The molecular weight excluding hydrogens is 194 g/mol. The van der Waals surface area contributed by atoms with Crippen LogP contribution in [0.1, 0.15) is 27.9 Å². The van der Waals surface area contributed by atoms with Crippen LogP contribution in [-0.2, 0) is 6.42 Å². The quantitative estimate of drug-likeness (QED) is 0.551. The highest BCUT2D eigenvalue weighted by molar-refractivity contribution is 5.77. The van der Waals surface area contributed by atoms with Crippen LogP contribution in [0.3, 0.4) is 0 Å². The van der Waals surface area contributed by atoms with Crippen molar-refractivity contribution in [1.29, 1.82) is 0 Å². The van der Waals surface area contributed by atoms with E-state index in [-0.39, 0.29) is 0 Å². The van der Waals surface area contributed by atoms with Crippen molar-refractivity contribution >= 4 is 0 Å². The molecule has 1 aliphatic rings. The summed E-state index contributed by atoms with van der Waals surface area (Å²) in [6.07, 6.45) is 2.96. The molecule has 0 saturated carbocycles. The van der Waals surface area contributed by atoms with Gasteiger partial charge in [-0.05, 0) is 54.7 Å². The lowest BCUT2D eigenvalue weighted by Gasteiger charge is -2.07. The molecule has 0 spiro atoms. The summed E-state index contributed by atoms with van der Waals surface area (Å²) in [6.45, 7) is 6.50. The minimum absolute atomic E-state index is 0.998. The Bertz CT molecular complexity index is 582. The third kappa shape index (κ3) is 1.21. The van der Waals surface area contributed by atoms with E-state index in [0.29, 0.717) is 0 Å². The van der Waals surface area contributed by atoms with Gasteiger partial charge in [0.1, 0.15) is 0 Å². The molecule has 0 unspecified atom stereocenters. The van der Waals surface area contributed by atoms with Crippen LogP contribution < -0.4 is 0 Å². The second kappa shape index (κ2) is 3.18. The minimum atomic E-state index is 0.998. The van der Waals surface area contributed by atoms with Gasteiger partial charge in [0.05, 0.1) is 5.69 Å². The molecule has 1 aliphatic carbocycles. The van der Waals surface area contributed by atoms with Gasteiger partial charge in [-0.3, -0.25) is 4.98 Å². The Hall–Kier alpha value is -1.63. The van der Waals surface area contributed by atoms with Crippen molar-refractivity contribution in [3.8, 4) is 11.1 Å². The first-order valence-electron chi connectivity index (χ1n) is 5.72. The third-order valence-corrected chi connectivity index (χ3v) is 3.61. The molecule has 0 bridgehead atoms. The molecule has 2 aromatic rings. The minimum Gasteiger partial charge on any atom is -0.260 e. The molecule has 0 aliphatic heterocycles. The summed E-state index contributed by atoms with van der Waals surface area (Å²) in [5.74, 6) is 0. The Balaban J connectivity index is 2.30. The first-order chi connectivity index (χ1) is 7.66. The van der Waals surface area contributed by atoms with Crippen LogP contribution in [0.25, 0.3) is 11.1 Å². The van der Waals surface area contributed by atoms with Crippen molar-refractivity contribution in [2.24, 2.45) is 0 Å². The molecule has 3 rings (SSSR count). The van der Waals surface area contributed by atoms with E-state index < -0.39 is 0 Å². The second-order valence-electron chi connectivity index (χ2n) is 4.72. The Labute approximate surface area is 96.2 Å². The number of fused-ring (bicyclic) bond motifs is 3. The van der Waals surface area contributed by atoms with Crippen molar-refractivity contribution in [1.82, 2.24) is 4.98 Å². The highest BCUT2D eigenvalue weighted by Gasteiger charge is 2.21. The fourth-order valence-corrected chi connectivity index (χ4v) is 2.49. The van der Waals surface area contributed by atoms with Crippen molar-refractivity contribution in [3.63, 3.8) is 0 Å². The van der Waals surface area contributed by atoms with E-state index in [9.17, 15) is 0 Å². The maximum atomic E-state index is 4.54. The highest BCUT2D eigenvalue weighted by atomic mass is 14.7. The van der Waals surface area contributed by atoms with Crippen molar-refractivity contribution < 1.29 is 0 Å². The number of hydrogen-bond acceptors (Lipinski definition) is 1. The number of nitrogens with zero attached hydrogens (tertiary/aromatic N) is 1. The number of pyridine rings is 1. The summed E-state index contributed by atoms with van der Waals surface area (Å²) in [6, 6.07) is 6.71. The lowest BCUT2D eigenvalue weighted by Crippen LogP contribution is -1.90. The maximum absolute atomic E-state index is 4.54. The maximum Gasteiger partial charge on any atom is 0.0526 e. The summed E-state index contributed by atoms with van der Waals surface area (Å²) in [7, 11) is 0. The van der Waals surface area contributed by atoms with Gasteiger partial charge in [0.25, 0.3) is 0 Å². The van der Waals surface area contributed by atoms with Crippen LogP contribution in [0.2, 0.25) is 0 Å². The van der Waals surface area contributed by atoms with E-state index in [4.69, 9.17) is 0 Å². The molecule has 1 heterocycles. The van der Waals surface area contributed by atoms with E-state index in [1.807, 2.05) is 6.20 Å².